The minimum Gasteiger partial charge on any atom is -0.324 e. The van der Waals surface area contributed by atoms with Gasteiger partial charge in [-0.2, -0.15) is 0 Å². The molecule has 1 amide bonds. The Morgan fingerprint density at radius 2 is 1.84 bits per heavy atom. The molecule has 1 N–H and O–H groups in total. The SMILES string of the molecule is Cc1cccc(-n2c(SCC(=O)Nc3ccc(Br)cc3Cl)nnc2-c2ccc(Cl)cc2)c1. The fourth-order valence-electron chi connectivity index (χ4n) is 3.06. The Morgan fingerprint density at radius 3 is 2.56 bits per heavy atom. The molecular formula is C23H17BrCl2N4OS. The van der Waals surface area contributed by atoms with Crippen molar-refractivity contribution in [2.24, 2.45) is 0 Å². The van der Waals surface area contributed by atoms with Crippen LogP contribution in [0.2, 0.25) is 10.0 Å². The second kappa shape index (κ2) is 10.1. The van der Waals surface area contributed by atoms with Gasteiger partial charge in [0.1, 0.15) is 0 Å². The fraction of sp³-hybridized carbons (Fsp3) is 0.0870. The maximum atomic E-state index is 12.6. The lowest BCUT2D eigenvalue weighted by Crippen LogP contribution is -2.15. The Kier molecular flexibility index (Phi) is 7.20. The summed E-state index contributed by atoms with van der Waals surface area (Å²) in [6.45, 7) is 2.03. The van der Waals surface area contributed by atoms with E-state index < -0.39 is 0 Å². The van der Waals surface area contributed by atoms with E-state index in [1.165, 1.54) is 11.8 Å². The van der Waals surface area contributed by atoms with Gasteiger partial charge in [-0.25, -0.2) is 0 Å². The van der Waals surface area contributed by atoms with Crippen LogP contribution in [0.5, 0.6) is 0 Å². The summed E-state index contributed by atoms with van der Waals surface area (Å²) < 4.78 is 2.79. The molecule has 4 rings (SSSR count). The van der Waals surface area contributed by atoms with Gasteiger partial charge in [0.2, 0.25) is 5.91 Å². The van der Waals surface area contributed by atoms with Crippen LogP contribution in [-0.2, 0) is 4.79 Å². The first-order valence-electron chi connectivity index (χ1n) is 9.57. The Hall–Kier alpha value is -2.32. The van der Waals surface area contributed by atoms with Gasteiger partial charge >= 0.3 is 0 Å². The number of hydrogen-bond donors (Lipinski definition) is 1. The third kappa shape index (κ3) is 5.35. The predicted octanol–water partition coefficient (Wildman–Crippen LogP) is 7.04. The quantitative estimate of drug-likeness (QED) is 0.263. The Morgan fingerprint density at radius 1 is 1.06 bits per heavy atom. The average Bonchev–Trinajstić information content (AvgIpc) is 3.19. The zero-order valence-electron chi connectivity index (χ0n) is 16.8. The van der Waals surface area contributed by atoms with Crippen molar-refractivity contribution < 1.29 is 4.79 Å². The van der Waals surface area contributed by atoms with Crippen molar-refractivity contribution in [3.05, 3.63) is 86.8 Å². The highest BCUT2D eigenvalue weighted by atomic mass is 79.9. The molecule has 0 aliphatic carbocycles. The molecule has 1 heterocycles. The van der Waals surface area contributed by atoms with Crippen LogP contribution in [0, 0.1) is 6.92 Å². The molecule has 0 bridgehead atoms. The van der Waals surface area contributed by atoms with E-state index >= 15 is 0 Å². The molecule has 0 unspecified atom stereocenters. The first kappa shape index (κ1) is 22.9. The van der Waals surface area contributed by atoms with Crippen molar-refractivity contribution in [2.75, 3.05) is 11.1 Å². The number of nitrogens with zero attached hydrogens (tertiary/aromatic N) is 3. The van der Waals surface area contributed by atoms with Crippen LogP contribution in [0.15, 0.2) is 76.4 Å². The summed E-state index contributed by atoms with van der Waals surface area (Å²) >= 11 is 16.9. The highest BCUT2D eigenvalue weighted by molar-refractivity contribution is 9.10. The van der Waals surface area contributed by atoms with Gasteiger partial charge in [0.05, 0.1) is 16.5 Å². The van der Waals surface area contributed by atoms with Gasteiger partial charge in [-0.3, -0.25) is 9.36 Å². The molecule has 0 spiro atoms. The molecule has 0 radical (unpaired) electrons. The van der Waals surface area contributed by atoms with Crippen molar-refractivity contribution in [3.8, 4) is 17.1 Å². The maximum absolute atomic E-state index is 12.6. The van der Waals surface area contributed by atoms with Crippen LogP contribution < -0.4 is 5.32 Å². The van der Waals surface area contributed by atoms with Crippen LogP contribution in [0.25, 0.3) is 17.1 Å². The van der Waals surface area contributed by atoms with Crippen LogP contribution in [0.3, 0.4) is 0 Å². The Balaban J connectivity index is 1.60. The number of aromatic nitrogens is 3. The van der Waals surface area contributed by atoms with Gasteiger partial charge < -0.3 is 5.32 Å². The first-order chi connectivity index (χ1) is 15.4. The van der Waals surface area contributed by atoms with Crippen LogP contribution in [0.4, 0.5) is 5.69 Å². The minimum absolute atomic E-state index is 0.150. The molecule has 0 aliphatic rings. The number of hydrogen-bond acceptors (Lipinski definition) is 4. The predicted molar refractivity (Wildman–Crippen MR) is 135 cm³/mol. The summed E-state index contributed by atoms with van der Waals surface area (Å²) in [5.74, 6) is 0.633. The second-order valence-electron chi connectivity index (χ2n) is 6.95. The van der Waals surface area contributed by atoms with Crippen molar-refractivity contribution in [1.82, 2.24) is 14.8 Å². The molecule has 0 aliphatic heterocycles. The largest absolute Gasteiger partial charge is 0.324 e. The van der Waals surface area contributed by atoms with Gasteiger partial charge in [-0.05, 0) is 67.1 Å². The monoisotopic (exact) mass is 546 g/mol. The minimum atomic E-state index is -0.189. The van der Waals surface area contributed by atoms with E-state index in [4.69, 9.17) is 23.2 Å². The molecule has 4 aromatic rings. The summed E-state index contributed by atoms with van der Waals surface area (Å²) in [4.78, 5) is 12.6. The molecule has 0 fully saturated rings. The highest BCUT2D eigenvalue weighted by Crippen LogP contribution is 2.30. The standard InChI is InChI=1S/C23H17BrCl2N4OS/c1-14-3-2-4-18(11-14)30-22(15-5-8-17(25)9-6-15)28-29-23(30)32-13-21(31)27-20-10-7-16(24)12-19(20)26/h2-12H,13H2,1H3,(H,27,31). The van der Waals surface area contributed by atoms with Crippen LogP contribution in [0.1, 0.15) is 5.56 Å². The van der Waals surface area contributed by atoms with Crippen molar-refractivity contribution in [1.29, 1.82) is 0 Å². The van der Waals surface area contributed by atoms with E-state index in [1.54, 1.807) is 12.1 Å². The molecule has 162 valence electrons. The smallest absolute Gasteiger partial charge is 0.234 e. The zero-order valence-corrected chi connectivity index (χ0v) is 20.8. The van der Waals surface area contributed by atoms with Crippen molar-refractivity contribution in [2.45, 2.75) is 12.1 Å². The number of halogens is 3. The molecule has 0 saturated heterocycles. The number of amides is 1. The average molecular weight is 548 g/mol. The van der Waals surface area contributed by atoms with E-state index in [1.807, 2.05) is 60.0 Å². The fourth-order valence-corrected chi connectivity index (χ4v) is 4.65. The number of rotatable bonds is 6. The van der Waals surface area contributed by atoms with Gasteiger partial charge in [-0.1, -0.05) is 63.0 Å². The number of aryl methyl sites for hydroxylation is 1. The first-order valence-corrected chi connectivity index (χ1v) is 12.1. The van der Waals surface area contributed by atoms with Gasteiger partial charge in [0.25, 0.3) is 0 Å². The lowest BCUT2D eigenvalue weighted by atomic mass is 10.2. The molecule has 9 heteroatoms. The number of thioether (sulfide) groups is 1. The zero-order chi connectivity index (χ0) is 22.7. The topological polar surface area (TPSA) is 59.8 Å². The van der Waals surface area contributed by atoms with Gasteiger partial charge in [0.15, 0.2) is 11.0 Å². The summed E-state index contributed by atoms with van der Waals surface area (Å²) in [5, 5.41) is 13.3. The van der Waals surface area contributed by atoms with Gasteiger partial charge in [-0.15, -0.1) is 10.2 Å². The maximum Gasteiger partial charge on any atom is 0.234 e. The molecule has 0 saturated carbocycles. The molecule has 32 heavy (non-hydrogen) atoms. The lowest BCUT2D eigenvalue weighted by molar-refractivity contribution is -0.113. The van der Waals surface area contributed by atoms with E-state index in [0.29, 0.717) is 26.7 Å². The van der Waals surface area contributed by atoms with Gasteiger partial charge in [0, 0.05) is 20.7 Å². The number of carbonyl (C=O) groups is 1. The molecule has 5 nitrogen and oxygen atoms in total. The lowest BCUT2D eigenvalue weighted by Gasteiger charge is -2.11. The molecule has 0 atom stereocenters. The molecule has 1 aromatic heterocycles. The van der Waals surface area contributed by atoms with Crippen LogP contribution in [-0.4, -0.2) is 26.4 Å². The highest BCUT2D eigenvalue weighted by Gasteiger charge is 2.18. The molecular weight excluding hydrogens is 531 g/mol. The van der Waals surface area contributed by atoms with E-state index in [0.717, 1.165) is 21.3 Å². The number of carbonyl (C=O) groups excluding carboxylic acids is 1. The van der Waals surface area contributed by atoms with E-state index in [9.17, 15) is 4.79 Å². The van der Waals surface area contributed by atoms with Crippen molar-refractivity contribution in [3.63, 3.8) is 0 Å². The second-order valence-corrected chi connectivity index (χ2v) is 9.65. The van der Waals surface area contributed by atoms with E-state index in [-0.39, 0.29) is 11.7 Å². The summed E-state index contributed by atoms with van der Waals surface area (Å²) in [6.07, 6.45) is 0. The third-order valence-corrected chi connectivity index (χ3v) is 6.52. The number of benzene rings is 3. The van der Waals surface area contributed by atoms with Crippen LogP contribution >= 0.6 is 50.9 Å². The van der Waals surface area contributed by atoms with Crippen molar-refractivity contribution >= 4 is 62.5 Å². The van der Waals surface area contributed by atoms with E-state index in [2.05, 4.69) is 37.5 Å². The summed E-state index contributed by atoms with van der Waals surface area (Å²) in [5.41, 5.74) is 3.46. The third-order valence-electron chi connectivity index (χ3n) is 4.53. The Bertz CT molecular complexity index is 1280. The summed E-state index contributed by atoms with van der Waals surface area (Å²) in [7, 11) is 0. The summed E-state index contributed by atoms with van der Waals surface area (Å²) in [6, 6.07) is 20.8. The number of anilines is 1. The Labute approximate surface area is 208 Å². The normalized spacial score (nSPS) is 10.9. The molecule has 3 aromatic carbocycles. The number of nitrogens with one attached hydrogen (secondary N) is 1.